The van der Waals surface area contributed by atoms with E-state index < -0.39 is 0 Å². The van der Waals surface area contributed by atoms with Crippen LogP contribution >= 0.6 is 0 Å². The topological polar surface area (TPSA) is 25.9 Å². The normalized spacial score (nSPS) is 16.4. The van der Waals surface area contributed by atoms with E-state index in [9.17, 15) is 35.1 Å². The third-order valence-electron chi connectivity index (χ3n) is 26.0. The summed E-state index contributed by atoms with van der Waals surface area (Å²) < 4.78 is 108. The second kappa shape index (κ2) is 48.9. The zero-order valence-electron chi connectivity index (χ0n) is 76.9. The Hall–Kier alpha value is -11.3. The Morgan fingerprint density at radius 3 is 0.598 bits per heavy atom. The third kappa shape index (κ3) is 29.6. The fourth-order valence-electron chi connectivity index (χ4n) is 18.3. The maximum Gasteiger partial charge on any atom is 0.123 e. The summed E-state index contributed by atoms with van der Waals surface area (Å²) in [5.41, 5.74) is 18.5. The molecule has 0 spiro atoms. The lowest BCUT2D eigenvalue weighted by atomic mass is 9.96. The lowest BCUT2D eigenvalue weighted by Gasteiger charge is -2.39. The zero-order chi connectivity index (χ0) is 92.1. The first kappa shape index (κ1) is 96.8. The van der Waals surface area contributed by atoms with E-state index in [0.717, 1.165) is 194 Å². The fourth-order valence-corrected chi connectivity index (χ4v) is 18.3. The summed E-state index contributed by atoms with van der Waals surface area (Å²) in [4.78, 5) is 19.4. The first-order valence-electron chi connectivity index (χ1n) is 47.1. The van der Waals surface area contributed by atoms with Crippen LogP contribution in [-0.2, 0) is 12.8 Å². The molecule has 4 saturated heterocycles. The smallest absolute Gasteiger partial charge is 0.123 e. The van der Waals surface area contributed by atoms with Crippen LogP contribution in [0.5, 0.6) is 0 Å². The van der Waals surface area contributed by atoms with E-state index in [1.54, 1.807) is 0 Å². The molecule has 4 aliphatic heterocycles. The van der Waals surface area contributed by atoms with Gasteiger partial charge in [-0.25, -0.2) is 35.1 Å². The molecule has 8 nitrogen and oxygen atoms in total. The molecule has 16 heteroatoms. The molecule has 5 aliphatic rings. The Kier molecular flexibility index (Phi) is 35.9. The maximum atomic E-state index is 13.6. The molecular weight excluding hydrogens is 1660 g/mol. The van der Waals surface area contributed by atoms with Crippen LogP contribution in [0, 0.1) is 78.1 Å². The van der Waals surface area contributed by atoms with E-state index in [2.05, 4.69) is 219 Å². The van der Waals surface area contributed by atoms with E-state index in [0.29, 0.717) is 5.92 Å². The van der Waals surface area contributed by atoms with Crippen LogP contribution in [0.15, 0.2) is 315 Å². The van der Waals surface area contributed by atoms with Crippen LogP contribution in [0.4, 0.5) is 35.1 Å². The second-order valence-corrected chi connectivity index (χ2v) is 36.4. The van der Waals surface area contributed by atoms with Gasteiger partial charge in [0.15, 0.2) is 0 Å². The summed E-state index contributed by atoms with van der Waals surface area (Å²) in [5, 5.41) is 0. The SMILES string of the molecule is CC(C)Cc1ccc(/C=C/CN2CCN(C(c3ccc(F)cc3)c3ccc(F)cc3)CC2)cc1.CC(Cc1ccc(/C=C/CN2CCN(C(c3ccc(F)cc3)c3ccc(F)cc3)CC2)cc1)C1CC1.Cc1ccc(/C=C/CN2CCN(C(c3ccc(F)cc3)c3ccc(F)cc3)CC2)cc1.Cc1ccc(/C=C/CN2CCN(C(c3ccc(F)cc3)c3ccc(F)cc3)CC2)cc1. The monoisotopic (exact) mass is 1780 g/mol. The molecule has 4 heterocycles. The molecule has 0 amide bonds. The standard InChI is InChI=1S/C32H36F2N2.C30H34F2N2.2C27H28F2N2/c1-24(27-8-9-27)23-26-6-4-25(5-7-26)3-2-18-35-19-21-36(22-20-35)32(28-10-14-30(33)15-11-28)29-12-16-31(34)17-13-29;1-23(2)22-25-7-5-24(6-8-25)4-3-17-33-18-20-34(21-19-33)30(26-9-13-28(31)14-10-26)27-11-15-29(32)16-12-27;2*1-21-4-6-22(7-5-21)3-2-16-30-17-19-31(20-18-30)27(23-8-12-25(28)13-9-23)24-10-14-26(29)15-11-24/h2-7,10-17,24,27,32H,8-9,18-23H2,1H3;3-16,23,30H,17-22H2,1-2H3;2*2-15,27H,16-20H2,1H3/b3-2+;4-3+;2*3-2+. The summed E-state index contributed by atoms with van der Waals surface area (Å²) in [6, 6.07) is 88.3. The van der Waals surface area contributed by atoms with Gasteiger partial charge in [-0.15, -0.1) is 0 Å². The predicted octanol–water partition coefficient (Wildman–Crippen LogP) is 24.9. The van der Waals surface area contributed by atoms with Gasteiger partial charge in [0.1, 0.15) is 46.5 Å². The number of benzene rings is 12. The highest BCUT2D eigenvalue weighted by atomic mass is 19.2. The first-order chi connectivity index (χ1) is 64.2. The van der Waals surface area contributed by atoms with Gasteiger partial charge in [-0.1, -0.05) is 275 Å². The average molecular weight is 1780 g/mol. The molecule has 686 valence electrons. The van der Waals surface area contributed by atoms with Gasteiger partial charge in [-0.3, -0.25) is 39.2 Å². The number of rotatable bonds is 29. The molecule has 12 aromatic carbocycles. The molecule has 0 bridgehead atoms. The van der Waals surface area contributed by atoms with Crippen LogP contribution in [0.25, 0.3) is 24.3 Å². The van der Waals surface area contributed by atoms with Crippen molar-refractivity contribution in [1.82, 2.24) is 39.2 Å². The lowest BCUT2D eigenvalue weighted by molar-refractivity contribution is 0.118. The van der Waals surface area contributed by atoms with Gasteiger partial charge >= 0.3 is 0 Å². The molecule has 1 atom stereocenters. The first-order valence-corrected chi connectivity index (χ1v) is 47.1. The van der Waals surface area contributed by atoms with Crippen molar-refractivity contribution in [3.05, 3.63) is 451 Å². The Morgan fingerprint density at radius 2 is 0.417 bits per heavy atom. The minimum Gasteiger partial charge on any atom is -0.297 e. The van der Waals surface area contributed by atoms with E-state index in [1.165, 1.54) is 161 Å². The number of hydrogen-bond acceptors (Lipinski definition) is 8. The van der Waals surface area contributed by atoms with Crippen molar-refractivity contribution < 1.29 is 35.1 Å². The fraction of sp³-hybridized carbons (Fsp3) is 0.310. The molecule has 0 N–H and O–H groups in total. The second-order valence-electron chi connectivity index (χ2n) is 36.4. The van der Waals surface area contributed by atoms with Crippen LogP contribution in [0.3, 0.4) is 0 Å². The van der Waals surface area contributed by atoms with Crippen molar-refractivity contribution in [3.63, 3.8) is 0 Å². The molecule has 1 saturated carbocycles. The average Bonchev–Trinajstić information content (AvgIpc) is 1.53. The Morgan fingerprint density at radius 1 is 0.235 bits per heavy atom. The number of nitrogens with zero attached hydrogens (tertiary/aromatic N) is 8. The van der Waals surface area contributed by atoms with Crippen molar-refractivity contribution in [2.75, 3.05) is 131 Å². The highest BCUT2D eigenvalue weighted by Crippen LogP contribution is 2.39. The van der Waals surface area contributed by atoms with Crippen molar-refractivity contribution in [1.29, 1.82) is 0 Å². The van der Waals surface area contributed by atoms with Crippen LogP contribution in [0.1, 0.15) is 147 Å². The van der Waals surface area contributed by atoms with Gasteiger partial charge in [0.2, 0.25) is 0 Å². The number of hydrogen-bond donors (Lipinski definition) is 0. The molecule has 17 rings (SSSR count). The molecule has 1 unspecified atom stereocenters. The minimum absolute atomic E-state index is 0.00792. The lowest BCUT2D eigenvalue weighted by Crippen LogP contribution is -2.47. The van der Waals surface area contributed by atoms with Gasteiger partial charge in [0.25, 0.3) is 0 Å². The van der Waals surface area contributed by atoms with E-state index in [4.69, 9.17) is 0 Å². The van der Waals surface area contributed by atoms with Gasteiger partial charge < -0.3 is 0 Å². The number of piperazine rings is 4. The van der Waals surface area contributed by atoms with Crippen LogP contribution < -0.4 is 0 Å². The third-order valence-corrected chi connectivity index (χ3v) is 26.0. The van der Waals surface area contributed by atoms with Crippen molar-refractivity contribution in [3.8, 4) is 0 Å². The van der Waals surface area contributed by atoms with Crippen LogP contribution in [-0.4, -0.2) is 170 Å². The Labute approximate surface area is 778 Å². The molecule has 1 aliphatic carbocycles. The molecule has 12 aromatic rings. The highest BCUT2D eigenvalue weighted by molar-refractivity contribution is 5.53. The van der Waals surface area contributed by atoms with Gasteiger partial charge in [0, 0.05) is 131 Å². The molecule has 5 fully saturated rings. The van der Waals surface area contributed by atoms with Crippen LogP contribution in [0.2, 0.25) is 0 Å². The van der Waals surface area contributed by atoms with Gasteiger partial charge in [0.05, 0.1) is 24.2 Å². The van der Waals surface area contributed by atoms with Crippen molar-refractivity contribution >= 4 is 24.3 Å². The Balaban J connectivity index is 0.000000142. The van der Waals surface area contributed by atoms with E-state index in [1.807, 2.05) is 97.1 Å². The van der Waals surface area contributed by atoms with Crippen molar-refractivity contribution in [2.24, 2.45) is 17.8 Å². The molecule has 0 aromatic heterocycles. The van der Waals surface area contributed by atoms with Crippen molar-refractivity contribution in [2.45, 2.75) is 84.5 Å². The summed E-state index contributed by atoms with van der Waals surface area (Å²) in [6.07, 6.45) is 22.8. The summed E-state index contributed by atoms with van der Waals surface area (Å²) in [7, 11) is 0. The molecular formula is C116H126F8N8. The van der Waals surface area contributed by atoms with E-state index in [-0.39, 0.29) is 70.7 Å². The Bertz CT molecular complexity index is 5200. The number of aryl methyl sites for hydroxylation is 2. The van der Waals surface area contributed by atoms with Gasteiger partial charge in [-0.05, 0) is 232 Å². The number of halogens is 8. The zero-order valence-corrected chi connectivity index (χ0v) is 76.9. The quantitative estimate of drug-likeness (QED) is 0.0428. The maximum absolute atomic E-state index is 13.6. The predicted molar refractivity (Wildman–Crippen MR) is 526 cm³/mol. The van der Waals surface area contributed by atoms with Gasteiger partial charge in [-0.2, -0.15) is 0 Å². The molecule has 132 heavy (non-hydrogen) atoms. The minimum atomic E-state index is -0.244. The summed E-state index contributed by atoms with van der Waals surface area (Å²) in [6.45, 7) is 29.6. The summed E-state index contributed by atoms with van der Waals surface area (Å²) >= 11 is 0. The van der Waals surface area contributed by atoms with E-state index >= 15 is 0 Å². The highest BCUT2D eigenvalue weighted by Gasteiger charge is 2.32. The largest absolute Gasteiger partial charge is 0.297 e. The molecule has 0 radical (unpaired) electrons. The summed E-state index contributed by atoms with van der Waals surface area (Å²) in [5.74, 6) is 0.484.